The van der Waals surface area contributed by atoms with Crippen LogP contribution in [0.25, 0.3) is 0 Å². The first kappa shape index (κ1) is 47.0. The summed E-state index contributed by atoms with van der Waals surface area (Å²) in [4.78, 5) is 67.4. The van der Waals surface area contributed by atoms with Crippen molar-refractivity contribution in [2.75, 3.05) is 59.4 Å². The molecule has 2 rings (SSSR count). The van der Waals surface area contributed by atoms with Crippen LogP contribution >= 0.6 is 0 Å². The highest BCUT2D eigenvalue weighted by molar-refractivity contribution is 5.89. The maximum absolute atomic E-state index is 13.1. The molecule has 0 unspecified atom stereocenters. The summed E-state index contributed by atoms with van der Waals surface area (Å²) in [6.45, 7) is 6.78. The van der Waals surface area contributed by atoms with Crippen LogP contribution < -0.4 is 16.1 Å². The Morgan fingerprint density at radius 1 is 0.582 bits per heavy atom. The van der Waals surface area contributed by atoms with Gasteiger partial charge in [-0.2, -0.15) is 5.48 Å². The number of ether oxygens (including phenoxy) is 4. The van der Waals surface area contributed by atoms with Crippen molar-refractivity contribution < 1.29 is 47.8 Å². The minimum absolute atomic E-state index is 0.0222. The highest BCUT2D eigenvalue weighted by Crippen LogP contribution is 2.12. The van der Waals surface area contributed by atoms with Crippen LogP contribution in [0.3, 0.4) is 0 Å². The average Bonchev–Trinajstić information content (AvgIpc) is 3.18. The number of carbonyl (C=O) groups is 5. The van der Waals surface area contributed by atoms with E-state index in [-0.39, 0.29) is 57.2 Å². The number of benzene rings is 2. The zero-order valence-corrected chi connectivity index (χ0v) is 32.9. The van der Waals surface area contributed by atoms with Gasteiger partial charge in [0, 0.05) is 32.6 Å². The number of ketones is 1. The van der Waals surface area contributed by atoms with Gasteiger partial charge >= 0.3 is 5.97 Å². The van der Waals surface area contributed by atoms with Gasteiger partial charge in [-0.1, -0.05) is 68.4 Å². The summed E-state index contributed by atoms with van der Waals surface area (Å²) < 4.78 is 21.3. The predicted octanol–water partition coefficient (Wildman–Crippen LogP) is 4.77. The van der Waals surface area contributed by atoms with Gasteiger partial charge < -0.3 is 34.4 Å². The Kier molecular flexibility index (Phi) is 26.5. The molecule has 2 aromatic carbocycles. The molecule has 0 aliphatic rings. The summed E-state index contributed by atoms with van der Waals surface area (Å²) in [5.41, 5.74) is 5.54. The van der Waals surface area contributed by atoms with Gasteiger partial charge in [0.1, 0.15) is 13.2 Å². The molecular weight excluding hydrogens is 706 g/mol. The number of hydrogen-bond donors (Lipinski definition) is 3. The van der Waals surface area contributed by atoms with Crippen LogP contribution in [0.1, 0.15) is 94.7 Å². The van der Waals surface area contributed by atoms with Crippen LogP contribution in [0.4, 0.5) is 0 Å². The van der Waals surface area contributed by atoms with E-state index in [1.807, 2.05) is 44.2 Å². The van der Waals surface area contributed by atoms with E-state index in [0.717, 1.165) is 44.1 Å². The van der Waals surface area contributed by atoms with Crippen LogP contribution in [-0.2, 0) is 67.0 Å². The van der Waals surface area contributed by atoms with Crippen LogP contribution in [0, 0.1) is 0 Å². The van der Waals surface area contributed by atoms with Crippen molar-refractivity contribution in [3.05, 3.63) is 71.3 Å². The molecule has 0 heterocycles. The molecule has 0 fully saturated rings. The molecule has 55 heavy (non-hydrogen) atoms. The quantitative estimate of drug-likeness (QED) is 0.0697. The molecule has 0 saturated carbocycles. The van der Waals surface area contributed by atoms with Crippen LogP contribution in [0.5, 0.6) is 0 Å². The number of amides is 3. The van der Waals surface area contributed by atoms with E-state index in [4.69, 9.17) is 23.8 Å². The third kappa shape index (κ3) is 24.8. The van der Waals surface area contributed by atoms with Gasteiger partial charge in [0.05, 0.1) is 38.9 Å². The number of nitrogens with one attached hydrogen (secondary N) is 3. The molecule has 0 radical (unpaired) electrons. The Morgan fingerprint density at radius 2 is 1.16 bits per heavy atom. The summed E-state index contributed by atoms with van der Waals surface area (Å²) in [7, 11) is 0. The lowest BCUT2D eigenvalue weighted by molar-refractivity contribution is -0.158. The molecule has 306 valence electrons. The van der Waals surface area contributed by atoms with Crippen molar-refractivity contribution in [1.82, 2.24) is 16.1 Å². The van der Waals surface area contributed by atoms with Gasteiger partial charge in [-0.25, -0.2) is 4.79 Å². The third-order valence-corrected chi connectivity index (χ3v) is 8.37. The molecule has 0 aliphatic carbocycles. The minimum atomic E-state index is -0.786. The van der Waals surface area contributed by atoms with Crippen molar-refractivity contribution in [1.29, 1.82) is 0 Å². The Bertz CT molecular complexity index is 1360. The number of hydroxylamine groups is 1. The van der Waals surface area contributed by atoms with E-state index in [9.17, 15) is 24.0 Å². The molecule has 0 aromatic heterocycles. The van der Waals surface area contributed by atoms with Crippen molar-refractivity contribution in [2.45, 2.75) is 103 Å². The van der Waals surface area contributed by atoms with E-state index >= 15 is 0 Å². The molecule has 3 N–H and O–H groups in total. The van der Waals surface area contributed by atoms with E-state index < -0.39 is 23.8 Å². The molecule has 1 atom stereocenters. The molecule has 0 saturated heterocycles. The first-order chi connectivity index (χ1) is 26.8. The normalized spacial score (nSPS) is 11.5. The monoisotopic (exact) mass is 769 g/mol. The zero-order valence-electron chi connectivity index (χ0n) is 32.9. The zero-order chi connectivity index (χ0) is 39.8. The molecular formula is C42H63N3O10. The van der Waals surface area contributed by atoms with Crippen molar-refractivity contribution in [3.8, 4) is 0 Å². The first-order valence-corrected chi connectivity index (χ1v) is 19.8. The fourth-order valence-corrected chi connectivity index (χ4v) is 5.45. The number of hydrogen-bond acceptors (Lipinski definition) is 10. The lowest BCUT2D eigenvalue weighted by Gasteiger charge is -2.18. The summed E-state index contributed by atoms with van der Waals surface area (Å²) >= 11 is 0. The summed E-state index contributed by atoms with van der Waals surface area (Å²) in [6.07, 6.45) is 7.65. The number of carbonyl (C=O) groups excluding carboxylic acids is 5. The number of unbranched alkanes of at least 4 members (excludes halogenated alkanes) is 2. The predicted molar refractivity (Wildman–Crippen MR) is 209 cm³/mol. The van der Waals surface area contributed by atoms with Gasteiger partial charge in [-0.3, -0.25) is 19.2 Å². The number of aryl methyl sites for hydroxylation is 2. The summed E-state index contributed by atoms with van der Waals surface area (Å²) in [5.74, 6) is -2.03. The average molecular weight is 770 g/mol. The Labute approximate surface area is 326 Å². The standard InChI is InChI=1S/C42H63N3O10/c1-3-25-51-27-29-53-32-40(48)43-24-11-10-17-37(44-41(49)33-54-30-28-52-26-4-2)38(46)18-12-19-42(50)55-45-39(47)31-36-22-20-35(21-23-36)16-9-8-15-34-13-6-5-7-14-34/h5-7,13-14,20-23,37H,3-4,8-12,15-19,24-33H2,1-2H3,(H,43,48)(H,44,49)(H,45,47)/t37-/m0/s1. The fraction of sp³-hybridized carbons (Fsp3) is 0.595. The Hall–Kier alpha value is -4.17. The van der Waals surface area contributed by atoms with Crippen LogP contribution in [0.15, 0.2) is 54.6 Å². The highest BCUT2D eigenvalue weighted by Gasteiger charge is 2.21. The topological polar surface area (TPSA) is 168 Å². The van der Waals surface area contributed by atoms with Gasteiger partial charge in [-0.05, 0) is 80.9 Å². The Morgan fingerprint density at radius 3 is 1.80 bits per heavy atom. The van der Waals surface area contributed by atoms with E-state index in [1.165, 1.54) is 11.1 Å². The van der Waals surface area contributed by atoms with E-state index in [1.54, 1.807) is 0 Å². The number of rotatable bonds is 32. The molecule has 3 amide bonds. The maximum atomic E-state index is 13.1. The molecule has 0 spiro atoms. The van der Waals surface area contributed by atoms with E-state index in [0.29, 0.717) is 58.8 Å². The molecule has 13 nitrogen and oxygen atoms in total. The van der Waals surface area contributed by atoms with Crippen LogP contribution in [-0.4, -0.2) is 94.9 Å². The second-order valence-electron chi connectivity index (χ2n) is 13.3. The molecule has 13 heteroatoms. The lowest BCUT2D eigenvalue weighted by atomic mass is 10.0. The SMILES string of the molecule is CCCOCCOCC(=O)NCCCC[C@H](NC(=O)COCCOCCC)C(=O)CCCC(=O)ONC(=O)Cc1ccc(CCCCc2ccccc2)cc1. The lowest BCUT2D eigenvalue weighted by Crippen LogP contribution is -2.42. The molecule has 2 aromatic rings. The smallest absolute Gasteiger partial charge is 0.332 e. The second kappa shape index (κ2) is 31.1. The Balaban J connectivity index is 1.68. The van der Waals surface area contributed by atoms with Gasteiger partial charge in [0.2, 0.25) is 11.8 Å². The van der Waals surface area contributed by atoms with Crippen molar-refractivity contribution in [3.63, 3.8) is 0 Å². The van der Waals surface area contributed by atoms with Gasteiger partial charge in [0.15, 0.2) is 5.78 Å². The maximum Gasteiger partial charge on any atom is 0.332 e. The summed E-state index contributed by atoms with van der Waals surface area (Å²) in [5, 5.41) is 5.53. The number of Topliss-reactive ketones (excluding diaryl/α,β-unsaturated/α-hetero) is 1. The van der Waals surface area contributed by atoms with E-state index in [2.05, 4.69) is 40.4 Å². The van der Waals surface area contributed by atoms with Crippen LogP contribution in [0.2, 0.25) is 0 Å². The van der Waals surface area contributed by atoms with Crippen molar-refractivity contribution in [2.24, 2.45) is 0 Å². The minimum Gasteiger partial charge on any atom is -0.379 e. The van der Waals surface area contributed by atoms with Gasteiger partial charge in [-0.15, -0.1) is 0 Å². The molecule has 0 bridgehead atoms. The largest absolute Gasteiger partial charge is 0.379 e. The summed E-state index contributed by atoms with van der Waals surface area (Å²) in [6, 6.07) is 17.5. The van der Waals surface area contributed by atoms with Crippen molar-refractivity contribution >= 4 is 29.5 Å². The third-order valence-electron chi connectivity index (χ3n) is 8.37. The first-order valence-electron chi connectivity index (χ1n) is 19.8. The highest BCUT2D eigenvalue weighted by atomic mass is 16.7. The van der Waals surface area contributed by atoms with Gasteiger partial charge in [0.25, 0.3) is 5.91 Å². The fourth-order valence-electron chi connectivity index (χ4n) is 5.45. The second-order valence-corrected chi connectivity index (χ2v) is 13.3. The molecule has 0 aliphatic heterocycles.